The third kappa shape index (κ3) is 5.90. The Morgan fingerprint density at radius 3 is 1.94 bits per heavy atom. The molecule has 0 aromatic heterocycles. The lowest BCUT2D eigenvalue weighted by molar-refractivity contribution is -0.161. The summed E-state index contributed by atoms with van der Waals surface area (Å²) in [6.07, 6.45) is 0.879. The van der Waals surface area contributed by atoms with Gasteiger partial charge in [-0.3, -0.25) is 9.59 Å². The summed E-state index contributed by atoms with van der Waals surface area (Å²) >= 11 is 3.18. The number of esters is 2. The van der Waals surface area contributed by atoms with E-state index in [0.717, 1.165) is 4.48 Å². The molecule has 0 bridgehead atoms. The van der Waals surface area contributed by atoms with Crippen LogP contribution in [0.25, 0.3) is 0 Å². The molecular formula is C11H17BrO4. The van der Waals surface area contributed by atoms with Gasteiger partial charge in [-0.1, -0.05) is 22.5 Å². The Hall–Kier alpha value is -0.840. The summed E-state index contributed by atoms with van der Waals surface area (Å²) in [5.74, 6) is -1.92. The second-order valence-corrected chi connectivity index (χ2v) is 4.23. The van der Waals surface area contributed by atoms with Crippen LogP contribution in [0.4, 0.5) is 0 Å². The molecule has 0 aliphatic rings. The molecule has 0 heterocycles. The van der Waals surface area contributed by atoms with E-state index in [4.69, 9.17) is 9.47 Å². The van der Waals surface area contributed by atoms with E-state index in [-0.39, 0.29) is 13.2 Å². The van der Waals surface area contributed by atoms with Gasteiger partial charge in [0.25, 0.3) is 0 Å². The first kappa shape index (κ1) is 15.2. The first-order valence-corrected chi connectivity index (χ1v) is 5.98. The van der Waals surface area contributed by atoms with E-state index in [0.29, 0.717) is 12.8 Å². The van der Waals surface area contributed by atoms with Crippen LogP contribution >= 0.6 is 15.9 Å². The van der Waals surface area contributed by atoms with Crippen LogP contribution in [-0.2, 0) is 19.1 Å². The van der Waals surface area contributed by atoms with Crippen LogP contribution in [0.2, 0.25) is 0 Å². The van der Waals surface area contributed by atoms with E-state index >= 15 is 0 Å². The van der Waals surface area contributed by atoms with E-state index in [9.17, 15) is 9.59 Å². The molecule has 0 saturated carbocycles. The smallest absolute Gasteiger partial charge is 0.320 e. The molecular weight excluding hydrogens is 276 g/mol. The van der Waals surface area contributed by atoms with Gasteiger partial charge in [0, 0.05) is 0 Å². The van der Waals surface area contributed by atoms with Crippen molar-refractivity contribution in [2.24, 2.45) is 5.92 Å². The van der Waals surface area contributed by atoms with Gasteiger partial charge in [-0.05, 0) is 31.2 Å². The van der Waals surface area contributed by atoms with Crippen LogP contribution < -0.4 is 0 Å². The molecule has 0 aromatic carbocycles. The van der Waals surface area contributed by atoms with Crippen molar-refractivity contribution in [3.8, 4) is 0 Å². The number of allylic oxidation sites excluding steroid dienone is 1. The molecule has 0 N–H and O–H groups in total. The van der Waals surface area contributed by atoms with Crippen LogP contribution in [-0.4, -0.2) is 25.2 Å². The number of carbonyl (C=O) groups excluding carboxylic acids is 2. The summed E-state index contributed by atoms with van der Waals surface area (Å²) < 4.78 is 10.4. The number of hydrogen-bond acceptors (Lipinski definition) is 4. The van der Waals surface area contributed by atoms with Crippen molar-refractivity contribution in [3.05, 3.63) is 11.1 Å². The summed E-state index contributed by atoms with van der Waals surface area (Å²) in [6.45, 7) is 7.55. The summed E-state index contributed by atoms with van der Waals surface area (Å²) in [5, 5.41) is 0. The van der Waals surface area contributed by atoms with Crippen molar-refractivity contribution in [1.82, 2.24) is 0 Å². The summed E-state index contributed by atoms with van der Waals surface area (Å²) in [4.78, 5) is 23.0. The lowest BCUT2D eigenvalue weighted by Gasteiger charge is -2.13. The first-order valence-electron chi connectivity index (χ1n) is 5.19. The third-order valence-electron chi connectivity index (χ3n) is 1.85. The zero-order valence-electron chi connectivity index (χ0n) is 9.62. The fourth-order valence-electron chi connectivity index (χ4n) is 1.12. The molecule has 16 heavy (non-hydrogen) atoms. The second kappa shape index (κ2) is 8.33. The van der Waals surface area contributed by atoms with Crippen LogP contribution in [0.1, 0.15) is 26.7 Å². The Kier molecular flexibility index (Phi) is 7.89. The van der Waals surface area contributed by atoms with Crippen molar-refractivity contribution in [3.63, 3.8) is 0 Å². The minimum absolute atomic E-state index is 0.254. The van der Waals surface area contributed by atoms with Crippen LogP contribution in [0.5, 0.6) is 0 Å². The lowest BCUT2D eigenvalue weighted by Crippen LogP contribution is -2.28. The molecule has 0 spiro atoms. The van der Waals surface area contributed by atoms with E-state index in [2.05, 4.69) is 22.5 Å². The molecule has 0 aliphatic heterocycles. The van der Waals surface area contributed by atoms with Crippen molar-refractivity contribution in [1.29, 1.82) is 0 Å². The molecule has 0 fully saturated rings. The van der Waals surface area contributed by atoms with E-state index < -0.39 is 17.9 Å². The van der Waals surface area contributed by atoms with E-state index in [1.807, 2.05) is 0 Å². The SMILES string of the molecule is C=C(Br)CCC(C(=O)OCC)C(=O)OCC. The monoisotopic (exact) mass is 292 g/mol. The Morgan fingerprint density at radius 2 is 1.62 bits per heavy atom. The van der Waals surface area contributed by atoms with Gasteiger partial charge in [0.05, 0.1) is 13.2 Å². The third-order valence-corrected chi connectivity index (χ3v) is 2.24. The van der Waals surface area contributed by atoms with Crippen molar-refractivity contribution in [2.45, 2.75) is 26.7 Å². The highest BCUT2D eigenvalue weighted by atomic mass is 79.9. The van der Waals surface area contributed by atoms with E-state index in [1.165, 1.54) is 0 Å². The Bertz CT molecular complexity index is 245. The van der Waals surface area contributed by atoms with Crippen molar-refractivity contribution in [2.75, 3.05) is 13.2 Å². The van der Waals surface area contributed by atoms with Gasteiger partial charge in [-0.25, -0.2) is 0 Å². The Balaban J connectivity index is 4.42. The average molecular weight is 293 g/mol. The number of rotatable bonds is 7. The molecule has 0 amide bonds. The van der Waals surface area contributed by atoms with Gasteiger partial charge in [0.2, 0.25) is 0 Å². The minimum atomic E-state index is -0.853. The van der Waals surface area contributed by atoms with Gasteiger partial charge in [0.15, 0.2) is 5.92 Å². The van der Waals surface area contributed by atoms with Crippen LogP contribution in [0.15, 0.2) is 11.1 Å². The maximum atomic E-state index is 11.5. The van der Waals surface area contributed by atoms with Gasteiger partial charge < -0.3 is 9.47 Å². The molecule has 0 saturated heterocycles. The Labute approximate surface area is 104 Å². The normalized spacial score (nSPS) is 10.0. The molecule has 0 unspecified atom stereocenters. The number of halogens is 1. The van der Waals surface area contributed by atoms with E-state index in [1.54, 1.807) is 13.8 Å². The zero-order valence-corrected chi connectivity index (χ0v) is 11.2. The fraction of sp³-hybridized carbons (Fsp3) is 0.636. The molecule has 4 nitrogen and oxygen atoms in total. The molecule has 0 aromatic rings. The number of carbonyl (C=O) groups is 2. The lowest BCUT2D eigenvalue weighted by atomic mass is 10.0. The molecule has 92 valence electrons. The van der Waals surface area contributed by atoms with Gasteiger partial charge >= 0.3 is 11.9 Å². The molecule has 5 heteroatoms. The standard InChI is InChI=1S/C11H17BrO4/c1-4-15-10(13)9(7-6-8(3)12)11(14)16-5-2/h9H,3-7H2,1-2H3. The van der Waals surface area contributed by atoms with Gasteiger partial charge in [-0.15, -0.1) is 0 Å². The summed E-state index contributed by atoms with van der Waals surface area (Å²) in [7, 11) is 0. The molecule has 0 radical (unpaired) electrons. The highest BCUT2D eigenvalue weighted by Gasteiger charge is 2.28. The predicted molar refractivity (Wildman–Crippen MR) is 64.1 cm³/mol. The van der Waals surface area contributed by atoms with Gasteiger partial charge in [-0.2, -0.15) is 0 Å². The maximum Gasteiger partial charge on any atom is 0.320 e. The van der Waals surface area contributed by atoms with Crippen molar-refractivity contribution >= 4 is 27.9 Å². The van der Waals surface area contributed by atoms with Crippen molar-refractivity contribution < 1.29 is 19.1 Å². The maximum absolute atomic E-state index is 11.5. The van der Waals surface area contributed by atoms with Gasteiger partial charge in [0.1, 0.15) is 0 Å². The highest BCUT2D eigenvalue weighted by molar-refractivity contribution is 9.11. The van der Waals surface area contributed by atoms with Crippen LogP contribution in [0.3, 0.4) is 0 Å². The zero-order chi connectivity index (χ0) is 12.6. The fourth-order valence-corrected chi connectivity index (χ4v) is 1.35. The summed E-state index contributed by atoms with van der Waals surface area (Å²) in [6, 6.07) is 0. The largest absolute Gasteiger partial charge is 0.465 e. The Morgan fingerprint density at radius 1 is 1.19 bits per heavy atom. The quantitative estimate of drug-likeness (QED) is 0.534. The van der Waals surface area contributed by atoms with Crippen LogP contribution in [0, 0.1) is 5.92 Å². The average Bonchev–Trinajstić information content (AvgIpc) is 2.18. The molecule has 0 aliphatic carbocycles. The first-order chi connectivity index (χ1) is 7.52. The minimum Gasteiger partial charge on any atom is -0.465 e. The highest BCUT2D eigenvalue weighted by Crippen LogP contribution is 2.18. The molecule has 0 rings (SSSR count). The topological polar surface area (TPSA) is 52.6 Å². The summed E-state index contributed by atoms with van der Waals surface area (Å²) in [5.41, 5.74) is 0. The second-order valence-electron chi connectivity index (χ2n) is 3.11. The number of ether oxygens (including phenoxy) is 2. The predicted octanol–water partition coefficient (Wildman–Crippen LogP) is 2.42. The number of hydrogen-bond donors (Lipinski definition) is 0. The molecule has 0 atom stereocenters.